The van der Waals surface area contributed by atoms with Gasteiger partial charge in [0.2, 0.25) is 0 Å². The van der Waals surface area contributed by atoms with Crippen molar-refractivity contribution in [2.24, 2.45) is 0 Å². The topological polar surface area (TPSA) is 79.3 Å². The summed E-state index contributed by atoms with van der Waals surface area (Å²) in [6, 6.07) is 11.0. The van der Waals surface area contributed by atoms with Gasteiger partial charge in [0.15, 0.2) is 0 Å². The fourth-order valence-electron chi connectivity index (χ4n) is 2.10. The Morgan fingerprint density at radius 2 is 1.87 bits per heavy atom. The predicted octanol–water partition coefficient (Wildman–Crippen LogP) is 3.87. The first-order chi connectivity index (χ1) is 11.0. The van der Waals surface area contributed by atoms with E-state index in [4.69, 9.17) is 4.55 Å². The average molecular weight is 366 g/mol. The molecule has 0 fully saturated rings. The number of aryl methyl sites for hydroxylation is 2. The Bertz CT molecular complexity index is 869. The van der Waals surface area contributed by atoms with Gasteiger partial charge in [0.1, 0.15) is 0 Å². The summed E-state index contributed by atoms with van der Waals surface area (Å²) in [5, 5.41) is 5.19. The van der Waals surface area contributed by atoms with E-state index in [1.165, 1.54) is 4.88 Å². The minimum atomic E-state index is -4.22. The fourth-order valence-corrected chi connectivity index (χ4v) is 4.10. The Morgan fingerprint density at radius 1 is 1.09 bits per heavy atom. The monoisotopic (exact) mass is 366 g/mol. The lowest BCUT2D eigenvalue weighted by atomic mass is 10.1. The highest BCUT2D eigenvalue weighted by molar-refractivity contribution is 7.87. The second-order valence-corrected chi connectivity index (χ2v) is 7.92. The van der Waals surface area contributed by atoms with Crippen molar-refractivity contribution in [3.63, 3.8) is 0 Å². The molecule has 0 aliphatic rings. The Labute approximate surface area is 142 Å². The molecule has 0 unspecified atom stereocenters. The lowest BCUT2D eigenvalue weighted by Gasteiger charge is -2.04. The molecule has 3 rings (SSSR count). The summed E-state index contributed by atoms with van der Waals surface area (Å²) in [6.07, 6.45) is 1.66. The normalized spacial score (nSPS) is 11.5. The van der Waals surface area contributed by atoms with Crippen LogP contribution in [0, 0.1) is 0 Å². The average Bonchev–Trinajstić information content (AvgIpc) is 3.16. The molecule has 2 heterocycles. The van der Waals surface area contributed by atoms with Gasteiger partial charge in [-0.15, -0.1) is 22.7 Å². The van der Waals surface area contributed by atoms with E-state index in [1.807, 2.05) is 28.3 Å². The van der Waals surface area contributed by atoms with Crippen LogP contribution < -0.4 is 4.72 Å². The van der Waals surface area contributed by atoms with Gasteiger partial charge in [0.05, 0.1) is 21.3 Å². The zero-order valence-corrected chi connectivity index (χ0v) is 14.4. The first-order valence-corrected chi connectivity index (χ1v) is 10.0. The molecule has 0 aliphatic heterocycles. The van der Waals surface area contributed by atoms with E-state index in [2.05, 4.69) is 16.4 Å². The van der Waals surface area contributed by atoms with Crippen molar-refractivity contribution in [2.45, 2.75) is 12.8 Å². The third-order valence-corrected chi connectivity index (χ3v) is 5.45. The second kappa shape index (κ2) is 6.79. The van der Waals surface area contributed by atoms with Gasteiger partial charge in [-0.25, -0.2) is 4.98 Å². The van der Waals surface area contributed by atoms with Gasteiger partial charge < -0.3 is 0 Å². The van der Waals surface area contributed by atoms with Crippen molar-refractivity contribution in [1.29, 1.82) is 0 Å². The summed E-state index contributed by atoms with van der Waals surface area (Å²) in [7, 11) is -4.22. The highest BCUT2D eigenvalue weighted by Gasteiger charge is 2.07. The predicted molar refractivity (Wildman–Crippen MR) is 94.4 cm³/mol. The maximum Gasteiger partial charge on any atom is 0.357 e. The number of nitrogens with one attached hydrogen (secondary N) is 1. The lowest BCUT2D eigenvalue weighted by Crippen LogP contribution is -2.10. The maximum absolute atomic E-state index is 10.7. The molecule has 0 bridgehead atoms. The third-order valence-electron chi connectivity index (χ3n) is 3.15. The highest BCUT2D eigenvalue weighted by Crippen LogP contribution is 2.26. The van der Waals surface area contributed by atoms with Gasteiger partial charge in [-0.1, -0.05) is 18.2 Å². The lowest BCUT2D eigenvalue weighted by molar-refractivity contribution is 0.489. The van der Waals surface area contributed by atoms with Crippen LogP contribution in [0.4, 0.5) is 5.69 Å². The standard InChI is InChI=1S/C15H14N2O3S3/c18-23(19,20)17-12-6-3-11(4-7-12)5-8-15-16-13(10-22-15)14-2-1-9-21-14/h1-4,6-7,9-10,17H,5,8H2,(H,18,19,20). The van der Waals surface area contributed by atoms with Crippen LogP contribution >= 0.6 is 22.7 Å². The Hall–Kier alpha value is -1.74. The molecule has 0 amide bonds. The van der Waals surface area contributed by atoms with Crippen molar-refractivity contribution in [3.8, 4) is 10.6 Å². The molecule has 0 spiro atoms. The van der Waals surface area contributed by atoms with Crippen LogP contribution in [0.5, 0.6) is 0 Å². The van der Waals surface area contributed by atoms with Crippen LogP contribution in [0.3, 0.4) is 0 Å². The number of nitrogens with zero attached hydrogens (tertiary/aromatic N) is 1. The third kappa shape index (κ3) is 4.61. The summed E-state index contributed by atoms with van der Waals surface area (Å²) >= 11 is 3.33. The van der Waals surface area contributed by atoms with E-state index < -0.39 is 10.3 Å². The zero-order chi connectivity index (χ0) is 16.3. The fraction of sp³-hybridized carbons (Fsp3) is 0.133. The Balaban J connectivity index is 1.60. The Morgan fingerprint density at radius 3 is 2.52 bits per heavy atom. The van der Waals surface area contributed by atoms with Crippen LogP contribution in [-0.4, -0.2) is 18.0 Å². The first-order valence-electron chi connectivity index (χ1n) is 6.82. The molecule has 0 aliphatic carbocycles. The number of anilines is 1. The van der Waals surface area contributed by atoms with E-state index in [0.717, 1.165) is 29.1 Å². The number of hydrogen-bond donors (Lipinski definition) is 2. The molecule has 2 aromatic heterocycles. The molecule has 5 nitrogen and oxygen atoms in total. The van der Waals surface area contributed by atoms with Crippen LogP contribution in [-0.2, 0) is 23.1 Å². The van der Waals surface area contributed by atoms with Crippen LogP contribution in [0.2, 0.25) is 0 Å². The molecular formula is C15H14N2O3S3. The number of hydrogen-bond acceptors (Lipinski definition) is 5. The van der Waals surface area contributed by atoms with E-state index in [0.29, 0.717) is 5.69 Å². The minimum Gasteiger partial charge on any atom is -0.269 e. The van der Waals surface area contributed by atoms with Crippen molar-refractivity contribution >= 4 is 38.7 Å². The van der Waals surface area contributed by atoms with Gasteiger partial charge in [0, 0.05) is 11.8 Å². The van der Waals surface area contributed by atoms with E-state index in [-0.39, 0.29) is 0 Å². The molecule has 0 radical (unpaired) electrons. The number of thiophene rings is 1. The summed E-state index contributed by atoms with van der Waals surface area (Å²) in [5.74, 6) is 0. The van der Waals surface area contributed by atoms with Crippen LogP contribution in [0.25, 0.3) is 10.6 Å². The summed E-state index contributed by atoms with van der Waals surface area (Å²) in [5.41, 5.74) is 2.44. The van der Waals surface area contributed by atoms with Gasteiger partial charge in [-0.3, -0.25) is 9.27 Å². The largest absolute Gasteiger partial charge is 0.357 e. The van der Waals surface area contributed by atoms with Crippen LogP contribution in [0.15, 0.2) is 47.2 Å². The van der Waals surface area contributed by atoms with Crippen LogP contribution in [0.1, 0.15) is 10.6 Å². The molecule has 8 heteroatoms. The van der Waals surface area contributed by atoms with Crippen molar-refractivity contribution in [3.05, 3.63) is 57.7 Å². The molecule has 0 saturated carbocycles. The second-order valence-electron chi connectivity index (χ2n) is 4.88. The molecule has 120 valence electrons. The molecule has 1 aromatic carbocycles. The molecule has 3 aromatic rings. The quantitative estimate of drug-likeness (QED) is 0.649. The summed E-state index contributed by atoms with van der Waals surface area (Å²) < 4.78 is 32.2. The number of benzene rings is 1. The SMILES string of the molecule is O=S(=O)(O)Nc1ccc(CCc2nc(-c3cccs3)cs2)cc1. The summed E-state index contributed by atoms with van der Waals surface area (Å²) in [6.45, 7) is 0. The smallest absolute Gasteiger partial charge is 0.269 e. The molecule has 0 saturated heterocycles. The number of rotatable bonds is 6. The van der Waals surface area contributed by atoms with Gasteiger partial charge in [0.25, 0.3) is 0 Å². The van der Waals surface area contributed by atoms with Gasteiger partial charge >= 0.3 is 10.3 Å². The van der Waals surface area contributed by atoms with Crippen molar-refractivity contribution in [2.75, 3.05) is 4.72 Å². The number of thiazole rings is 1. The Kier molecular flexibility index (Phi) is 4.76. The molecule has 23 heavy (non-hydrogen) atoms. The summed E-state index contributed by atoms with van der Waals surface area (Å²) in [4.78, 5) is 5.81. The zero-order valence-electron chi connectivity index (χ0n) is 12.0. The molecule has 0 atom stereocenters. The van der Waals surface area contributed by atoms with E-state index in [9.17, 15) is 8.42 Å². The van der Waals surface area contributed by atoms with E-state index in [1.54, 1.807) is 34.8 Å². The minimum absolute atomic E-state index is 0.338. The van der Waals surface area contributed by atoms with Gasteiger partial charge in [-0.2, -0.15) is 8.42 Å². The van der Waals surface area contributed by atoms with Gasteiger partial charge in [-0.05, 0) is 35.6 Å². The number of aromatic nitrogens is 1. The van der Waals surface area contributed by atoms with Crippen molar-refractivity contribution in [1.82, 2.24) is 4.98 Å². The molecular weight excluding hydrogens is 352 g/mol. The highest BCUT2D eigenvalue weighted by atomic mass is 32.2. The molecule has 2 N–H and O–H groups in total. The maximum atomic E-state index is 10.7. The van der Waals surface area contributed by atoms with E-state index >= 15 is 0 Å². The van der Waals surface area contributed by atoms with Crippen molar-refractivity contribution < 1.29 is 13.0 Å². The first kappa shape index (κ1) is 16.1.